The largest absolute Gasteiger partial charge is 0.491 e. The number of carbonyl (C=O) groups excluding carboxylic acids is 1. The molecular weight excluding hydrogens is 434 g/mol. The lowest BCUT2D eigenvalue weighted by atomic mass is 10.1. The molecule has 3 rings (SSSR count). The second kappa shape index (κ2) is 12.3. The number of rotatable bonds is 13. The minimum absolute atomic E-state index is 0.133. The molecule has 2 aromatic carbocycles. The van der Waals surface area contributed by atoms with Crippen LogP contribution in [0.3, 0.4) is 0 Å². The monoisotopic (exact) mass is 467 g/mol. The van der Waals surface area contributed by atoms with E-state index < -0.39 is 5.97 Å². The topological polar surface area (TPSA) is 87.0 Å². The van der Waals surface area contributed by atoms with Crippen LogP contribution in [0.2, 0.25) is 0 Å². The predicted molar refractivity (Wildman–Crippen MR) is 131 cm³/mol. The number of aryl methyl sites for hydroxylation is 1. The molecule has 0 fully saturated rings. The molecule has 0 radical (unpaired) electrons. The fourth-order valence-corrected chi connectivity index (χ4v) is 3.84. The van der Waals surface area contributed by atoms with Gasteiger partial charge < -0.3 is 19.3 Å². The van der Waals surface area contributed by atoms with Crippen LogP contribution in [0.25, 0.3) is 10.9 Å². The van der Waals surface area contributed by atoms with Crippen molar-refractivity contribution in [2.24, 2.45) is 0 Å². The number of aromatic nitrogens is 1. The summed E-state index contributed by atoms with van der Waals surface area (Å²) in [5.74, 6) is -0.484. The molecule has 182 valence electrons. The van der Waals surface area contributed by atoms with Crippen molar-refractivity contribution in [2.75, 3.05) is 33.0 Å². The highest BCUT2D eigenvalue weighted by Gasteiger charge is 2.21. The van der Waals surface area contributed by atoms with Crippen molar-refractivity contribution in [1.82, 2.24) is 4.57 Å². The highest BCUT2D eigenvalue weighted by atomic mass is 16.5. The van der Waals surface area contributed by atoms with Crippen LogP contribution in [-0.4, -0.2) is 54.6 Å². The van der Waals surface area contributed by atoms with E-state index in [1.807, 2.05) is 25.1 Å². The van der Waals surface area contributed by atoms with Crippen LogP contribution in [0, 0.1) is 13.8 Å². The summed E-state index contributed by atoms with van der Waals surface area (Å²) in [6, 6.07) is 12.7. The maximum absolute atomic E-state index is 13.3. The molecule has 1 aromatic heterocycles. The fourth-order valence-electron chi connectivity index (χ4n) is 3.84. The van der Waals surface area contributed by atoms with Gasteiger partial charge in [-0.15, -0.1) is 0 Å². The Kier molecular flexibility index (Phi) is 9.24. The first-order valence-corrected chi connectivity index (χ1v) is 11.7. The van der Waals surface area contributed by atoms with Crippen molar-refractivity contribution in [1.29, 1.82) is 0 Å². The highest BCUT2D eigenvalue weighted by molar-refractivity contribution is 6.04. The Morgan fingerprint density at radius 3 is 2.26 bits per heavy atom. The lowest BCUT2D eigenvalue weighted by Gasteiger charge is -2.10. The van der Waals surface area contributed by atoms with Gasteiger partial charge in [0, 0.05) is 23.3 Å². The number of carbonyl (C=O) groups is 2. The molecule has 0 aliphatic heterocycles. The molecule has 1 heterocycles. The van der Waals surface area contributed by atoms with Crippen molar-refractivity contribution in [2.45, 2.75) is 40.0 Å². The molecule has 34 heavy (non-hydrogen) atoms. The molecule has 7 nitrogen and oxygen atoms in total. The van der Waals surface area contributed by atoms with Crippen molar-refractivity contribution >= 4 is 22.8 Å². The molecule has 7 heteroatoms. The van der Waals surface area contributed by atoms with E-state index in [0.717, 1.165) is 30.4 Å². The van der Waals surface area contributed by atoms with Crippen molar-refractivity contribution < 1.29 is 28.9 Å². The lowest BCUT2D eigenvalue weighted by Crippen LogP contribution is -2.14. The zero-order valence-corrected chi connectivity index (χ0v) is 20.1. The van der Waals surface area contributed by atoms with Gasteiger partial charge in [-0.2, -0.15) is 0 Å². The molecule has 0 aliphatic carbocycles. The van der Waals surface area contributed by atoms with E-state index in [9.17, 15) is 14.7 Å². The summed E-state index contributed by atoms with van der Waals surface area (Å²) in [5.41, 5.74) is 3.52. The Morgan fingerprint density at radius 1 is 0.912 bits per heavy atom. The minimum atomic E-state index is -0.925. The SMILES string of the molecule is CCCCOCCOCCOc1ccc(C(=O)n2c(C)c(CC(=O)O)c3cc(C)ccc32)cc1. The number of fused-ring (bicyclic) bond motifs is 1. The normalized spacial score (nSPS) is 11.1. The molecule has 0 unspecified atom stereocenters. The van der Waals surface area contributed by atoms with Gasteiger partial charge in [-0.1, -0.05) is 25.0 Å². The van der Waals surface area contributed by atoms with E-state index in [1.54, 1.807) is 35.8 Å². The third kappa shape index (κ3) is 6.46. The number of unbranched alkanes of at least 4 members (excludes halogenated alkanes) is 1. The van der Waals surface area contributed by atoms with Crippen molar-refractivity contribution in [3.63, 3.8) is 0 Å². The fraction of sp³-hybridized carbons (Fsp3) is 0.407. The second-order valence-electron chi connectivity index (χ2n) is 8.25. The van der Waals surface area contributed by atoms with Crippen LogP contribution in [0.15, 0.2) is 42.5 Å². The Hall–Kier alpha value is -3.16. The first-order valence-electron chi connectivity index (χ1n) is 11.7. The van der Waals surface area contributed by atoms with Gasteiger partial charge in [-0.05, 0) is 62.2 Å². The number of carboxylic acids is 1. The van der Waals surface area contributed by atoms with Gasteiger partial charge in [0.25, 0.3) is 5.91 Å². The number of ether oxygens (including phenoxy) is 3. The average Bonchev–Trinajstić information content (AvgIpc) is 3.08. The lowest BCUT2D eigenvalue weighted by molar-refractivity contribution is -0.136. The molecule has 0 amide bonds. The minimum Gasteiger partial charge on any atom is -0.491 e. The first-order chi connectivity index (χ1) is 16.4. The summed E-state index contributed by atoms with van der Waals surface area (Å²) in [6.07, 6.45) is 2.04. The van der Waals surface area contributed by atoms with Gasteiger partial charge >= 0.3 is 5.97 Å². The Balaban J connectivity index is 1.63. The van der Waals surface area contributed by atoms with Gasteiger partial charge in [0.15, 0.2) is 0 Å². The molecule has 0 aliphatic rings. The van der Waals surface area contributed by atoms with E-state index in [-0.39, 0.29) is 12.3 Å². The summed E-state index contributed by atoms with van der Waals surface area (Å²) in [6.45, 7) is 8.61. The number of aliphatic carboxylic acids is 1. The zero-order valence-electron chi connectivity index (χ0n) is 20.1. The molecule has 0 spiro atoms. The van der Waals surface area contributed by atoms with Crippen LogP contribution in [0.4, 0.5) is 0 Å². The number of hydrogen-bond acceptors (Lipinski definition) is 5. The molecule has 0 atom stereocenters. The van der Waals surface area contributed by atoms with E-state index in [1.165, 1.54) is 0 Å². The molecule has 1 N–H and O–H groups in total. The molecule has 3 aromatic rings. The standard InChI is InChI=1S/C27H33NO6/c1-4-5-12-32-13-14-33-15-16-34-22-9-7-21(8-10-22)27(31)28-20(3)23(18-26(29)30)24-17-19(2)6-11-25(24)28/h6-11,17H,4-5,12-16,18H2,1-3H3,(H,29,30). The maximum Gasteiger partial charge on any atom is 0.307 e. The predicted octanol–water partition coefficient (Wildman–Crippen LogP) is 4.79. The van der Waals surface area contributed by atoms with Crippen LogP contribution in [-0.2, 0) is 20.7 Å². The van der Waals surface area contributed by atoms with E-state index in [4.69, 9.17) is 14.2 Å². The second-order valence-corrected chi connectivity index (χ2v) is 8.25. The number of hydrogen-bond donors (Lipinski definition) is 1. The third-order valence-electron chi connectivity index (χ3n) is 5.63. The summed E-state index contributed by atoms with van der Waals surface area (Å²) in [4.78, 5) is 24.8. The van der Waals surface area contributed by atoms with E-state index >= 15 is 0 Å². The molecule has 0 bridgehead atoms. The number of benzene rings is 2. The maximum atomic E-state index is 13.3. The summed E-state index contributed by atoms with van der Waals surface area (Å²) < 4.78 is 18.2. The summed E-state index contributed by atoms with van der Waals surface area (Å²) in [7, 11) is 0. The number of carboxylic acid groups (broad SMARTS) is 1. The van der Waals surface area contributed by atoms with Gasteiger partial charge in [0.1, 0.15) is 12.4 Å². The quantitative estimate of drug-likeness (QED) is 0.364. The van der Waals surface area contributed by atoms with E-state index in [2.05, 4.69) is 6.92 Å². The molecular formula is C27H33NO6. The van der Waals surface area contributed by atoms with E-state index in [0.29, 0.717) is 54.5 Å². The van der Waals surface area contributed by atoms with Crippen molar-refractivity contribution in [3.8, 4) is 5.75 Å². The summed E-state index contributed by atoms with van der Waals surface area (Å²) in [5, 5.41) is 10.2. The first kappa shape index (κ1) is 25.5. The van der Waals surface area contributed by atoms with Crippen LogP contribution < -0.4 is 4.74 Å². The van der Waals surface area contributed by atoms with Crippen molar-refractivity contribution in [3.05, 3.63) is 64.8 Å². The van der Waals surface area contributed by atoms with Crippen LogP contribution >= 0.6 is 0 Å². The van der Waals surface area contributed by atoms with Crippen LogP contribution in [0.1, 0.15) is 46.9 Å². The van der Waals surface area contributed by atoms with Crippen LogP contribution in [0.5, 0.6) is 5.75 Å². The van der Waals surface area contributed by atoms with Gasteiger partial charge in [-0.25, -0.2) is 0 Å². The zero-order chi connectivity index (χ0) is 24.5. The highest BCUT2D eigenvalue weighted by Crippen LogP contribution is 2.28. The Bertz CT molecular complexity index is 1120. The summed E-state index contributed by atoms with van der Waals surface area (Å²) >= 11 is 0. The van der Waals surface area contributed by atoms with Gasteiger partial charge in [0.2, 0.25) is 0 Å². The van der Waals surface area contributed by atoms with Gasteiger partial charge in [-0.3, -0.25) is 14.2 Å². The molecule has 0 saturated heterocycles. The average molecular weight is 468 g/mol. The third-order valence-corrected chi connectivity index (χ3v) is 5.63. The molecule has 0 saturated carbocycles. The Morgan fingerprint density at radius 2 is 1.59 bits per heavy atom. The Labute approximate surface area is 200 Å². The smallest absolute Gasteiger partial charge is 0.307 e. The number of nitrogens with zero attached hydrogens (tertiary/aromatic N) is 1. The van der Waals surface area contributed by atoms with Gasteiger partial charge in [0.05, 0.1) is 31.8 Å².